The van der Waals surface area contributed by atoms with Gasteiger partial charge in [-0.3, -0.25) is 19.2 Å². The SMILES string of the molecule is O=C(Nc1ccc(C#Cc2ccc(NC(=O)[C@@H]3CCCN3C(=O)c3nc(Cl)cc4ccccc34)cc2)cc1)[C@@H]1CCCN1C(=O)c1nc(Cl)cc2ccccc12. The number of likely N-dealkylation sites (tertiary alicyclic amines) is 2. The molecule has 2 saturated heterocycles. The van der Waals surface area contributed by atoms with Gasteiger partial charge in [0.15, 0.2) is 0 Å². The van der Waals surface area contributed by atoms with Gasteiger partial charge in [-0.25, -0.2) is 9.97 Å². The fourth-order valence-electron chi connectivity index (χ4n) is 7.36. The number of nitrogens with one attached hydrogen (secondary N) is 2. The monoisotopic (exact) mass is 780 g/mol. The first-order chi connectivity index (χ1) is 27.2. The van der Waals surface area contributed by atoms with Crippen LogP contribution in [0.1, 0.15) is 57.8 Å². The van der Waals surface area contributed by atoms with Gasteiger partial charge in [-0.15, -0.1) is 0 Å². The summed E-state index contributed by atoms with van der Waals surface area (Å²) in [5, 5.41) is 9.34. The van der Waals surface area contributed by atoms with Crippen molar-refractivity contribution in [3.05, 3.63) is 142 Å². The molecule has 4 heterocycles. The van der Waals surface area contributed by atoms with Crippen molar-refractivity contribution in [2.24, 2.45) is 0 Å². The van der Waals surface area contributed by atoms with Crippen molar-refractivity contribution in [1.29, 1.82) is 0 Å². The number of aromatic nitrogens is 2. The van der Waals surface area contributed by atoms with Crippen molar-refractivity contribution in [3.8, 4) is 11.8 Å². The molecule has 4 aromatic carbocycles. The van der Waals surface area contributed by atoms with E-state index in [1.165, 1.54) is 0 Å². The largest absolute Gasteiger partial charge is 0.325 e. The molecule has 12 heteroatoms. The Morgan fingerprint density at radius 2 is 0.964 bits per heavy atom. The fourth-order valence-corrected chi connectivity index (χ4v) is 7.77. The Hall–Kier alpha value is -6.28. The van der Waals surface area contributed by atoms with Gasteiger partial charge in [0.25, 0.3) is 11.8 Å². The van der Waals surface area contributed by atoms with Gasteiger partial charge in [-0.05, 0) is 97.1 Å². The van der Waals surface area contributed by atoms with Crippen LogP contribution in [0.4, 0.5) is 11.4 Å². The minimum absolute atomic E-state index is 0.223. The van der Waals surface area contributed by atoms with Crippen LogP contribution in [-0.2, 0) is 9.59 Å². The molecule has 0 aliphatic carbocycles. The molecule has 6 aromatic rings. The molecule has 0 radical (unpaired) electrons. The Kier molecular flexibility index (Phi) is 10.4. The van der Waals surface area contributed by atoms with Crippen LogP contribution in [0.2, 0.25) is 10.3 Å². The van der Waals surface area contributed by atoms with E-state index in [4.69, 9.17) is 23.2 Å². The first kappa shape index (κ1) is 36.7. The molecule has 0 bridgehead atoms. The highest BCUT2D eigenvalue weighted by atomic mass is 35.5. The number of carbonyl (C=O) groups excluding carboxylic acids is 4. The van der Waals surface area contributed by atoms with E-state index in [-0.39, 0.29) is 45.3 Å². The van der Waals surface area contributed by atoms with E-state index in [1.807, 2.05) is 72.8 Å². The lowest BCUT2D eigenvalue weighted by atomic mass is 10.1. The third-order valence-corrected chi connectivity index (χ3v) is 10.5. The van der Waals surface area contributed by atoms with Gasteiger partial charge in [-0.1, -0.05) is 83.6 Å². The number of halogens is 2. The van der Waals surface area contributed by atoms with Gasteiger partial charge in [0.05, 0.1) is 0 Å². The number of nitrogens with zero attached hydrogens (tertiary/aromatic N) is 4. The van der Waals surface area contributed by atoms with Crippen LogP contribution in [0.5, 0.6) is 0 Å². The molecule has 0 saturated carbocycles. The molecule has 56 heavy (non-hydrogen) atoms. The van der Waals surface area contributed by atoms with Crippen LogP contribution in [0.3, 0.4) is 0 Å². The highest BCUT2D eigenvalue weighted by Crippen LogP contribution is 2.28. The average Bonchev–Trinajstić information content (AvgIpc) is 3.91. The molecule has 2 fully saturated rings. The lowest BCUT2D eigenvalue weighted by Crippen LogP contribution is -2.43. The van der Waals surface area contributed by atoms with E-state index in [9.17, 15) is 19.2 Å². The lowest BCUT2D eigenvalue weighted by molar-refractivity contribution is -0.120. The van der Waals surface area contributed by atoms with Gasteiger partial charge >= 0.3 is 0 Å². The van der Waals surface area contributed by atoms with E-state index in [0.717, 1.165) is 21.9 Å². The standard InChI is InChI=1S/C44H34Cl2N6O4/c45-37-25-29-7-1-3-9-33(29)39(49-37)43(55)51-23-5-11-35(51)41(53)47-31-19-15-27(16-20-31)13-14-28-17-21-32(22-18-28)48-42(54)36-12-6-24-52(36)44(56)40-34-10-4-2-8-30(34)26-38(46)50-40/h1-4,7-10,15-22,25-26,35-36H,5-6,11-12,23-24H2,(H,47,53)(H,48,54)/t35-,36-/m0/s1. The normalized spacial score (nSPS) is 16.4. The van der Waals surface area contributed by atoms with E-state index < -0.39 is 12.1 Å². The lowest BCUT2D eigenvalue weighted by Gasteiger charge is -2.24. The maximum atomic E-state index is 13.6. The molecule has 4 amide bonds. The van der Waals surface area contributed by atoms with Crippen LogP contribution in [0.15, 0.2) is 109 Å². The predicted molar refractivity (Wildman–Crippen MR) is 218 cm³/mol. The maximum Gasteiger partial charge on any atom is 0.273 e. The van der Waals surface area contributed by atoms with E-state index in [0.29, 0.717) is 60.9 Å². The Morgan fingerprint density at radius 1 is 0.571 bits per heavy atom. The number of amides is 4. The number of fused-ring (bicyclic) bond motifs is 2. The maximum absolute atomic E-state index is 13.6. The molecule has 10 nitrogen and oxygen atoms in total. The third kappa shape index (κ3) is 7.65. The predicted octanol–water partition coefficient (Wildman–Crippen LogP) is 7.98. The smallest absolute Gasteiger partial charge is 0.273 e. The summed E-state index contributed by atoms with van der Waals surface area (Å²) in [6, 6.07) is 31.3. The van der Waals surface area contributed by atoms with E-state index in [2.05, 4.69) is 32.4 Å². The summed E-state index contributed by atoms with van der Waals surface area (Å²) in [7, 11) is 0. The molecule has 2 atom stereocenters. The molecule has 2 aliphatic heterocycles. The topological polar surface area (TPSA) is 125 Å². The number of carbonyl (C=O) groups is 4. The van der Waals surface area contributed by atoms with Gasteiger partial charge in [0.1, 0.15) is 33.8 Å². The van der Waals surface area contributed by atoms with Gasteiger partial charge in [0, 0.05) is 46.4 Å². The molecule has 0 unspecified atom stereocenters. The van der Waals surface area contributed by atoms with Crippen molar-refractivity contribution < 1.29 is 19.2 Å². The number of benzene rings is 4. The summed E-state index contributed by atoms with van der Waals surface area (Å²) < 4.78 is 0. The summed E-state index contributed by atoms with van der Waals surface area (Å²) >= 11 is 12.5. The molecule has 278 valence electrons. The second-order valence-corrected chi connectivity index (χ2v) is 14.5. The second kappa shape index (κ2) is 15.8. The molecular weight excluding hydrogens is 747 g/mol. The van der Waals surface area contributed by atoms with Gasteiger partial charge < -0.3 is 20.4 Å². The Bertz CT molecular complexity index is 2410. The summed E-state index contributed by atoms with van der Waals surface area (Å²) in [5.41, 5.74) is 3.13. The van der Waals surface area contributed by atoms with Crippen molar-refractivity contribution in [3.63, 3.8) is 0 Å². The molecular formula is C44H34Cl2N6O4. The zero-order chi connectivity index (χ0) is 38.8. The molecule has 2 N–H and O–H groups in total. The summed E-state index contributed by atoms with van der Waals surface area (Å²) in [6.45, 7) is 0.893. The second-order valence-electron chi connectivity index (χ2n) is 13.7. The number of hydrogen-bond acceptors (Lipinski definition) is 6. The van der Waals surface area contributed by atoms with Crippen LogP contribution >= 0.6 is 23.2 Å². The van der Waals surface area contributed by atoms with Crippen molar-refractivity contribution in [2.75, 3.05) is 23.7 Å². The molecule has 0 spiro atoms. The van der Waals surface area contributed by atoms with Crippen molar-refractivity contribution in [2.45, 2.75) is 37.8 Å². The van der Waals surface area contributed by atoms with Crippen molar-refractivity contribution >= 4 is 79.8 Å². The van der Waals surface area contributed by atoms with Crippen LogP contribution in [0.25, 0.3) is 21.5 Å². The number of rotatable bonds is 6. The third-order valence-electron chi connectivity index (χ3n) is 10.1. The van der Waals surface area contributed by atoms with Gasteiger partial charge in [-0.2, -0.15) is 0 Å². The number of hydrogen-bond donors (Lipinski definition) is 2. The van der Waals surface area contributed by atoms with Crippen LogP contribution in [-0.4, -0.2) is 68.6 Å². The van der Waals surface area contributed by atoms with E-state index in [1.54, 1.807) is 46.2 Å². The van der Waals surface area contributed by atoms with Gasteiger partial charge in [0.2, 0.25) is 11.8 Å². The zero-order valence-electron chi connectivity index (χ0n) is 30.0. The quantitative estimate of drug-likeness (QED) is 0.131. The number of pyridine rings is 2. The Morgan fingerprint density at radius 3 is 1.38 bits per heavy atom. The first-order valence-corrected chi connectivity index (χ1v) is 19.0. The fraction of sp³-hybridized carbons (Fsp3) is 0.182. The first-order valence-electron chi connectivity index (χ1n) is 18.3. The number of anilines is 2. The highest BCUT2D eigenvalue weighted by molar-refractivity contribution is 6.31. The minimum Gasteiger partial charge on any atom is -0.325 e. The summed E-state index contributed by atoms with van der Waals surface area (Å²) in [4.78, 5) is 65.8. The Labute approximate surface area is 332 Å². The molecule has 2 aromatic heterocycles. The highest BCUT2D eigenvalue weighted by Gasteiger charge is 2.37. The van der Waals surface area contributed by atoms with Crippen LogP contribution in [0, 0.1) is 11.8 Å². The minimum atomic E-state index is -0.638. The van der Waals surface area contributed by atoms with Crippen LogP contribution < -0.4 is 10.6 Å². The van der Waals surface area contributed by atoms with Crippen molar-refractivity contribution in [1.82, 2.24) is 19.8 Å². The summed E-state index contributed by atoms with van der Waals surface area (Å²) in [6.07, 6.45) is 2.48. The zero-order valence-corrected chi connectivity index (χ0v) is 31.5. The van der Waals surface area contributed by atoms with E-state index >= 15 is 0 Å². The molecule has 2 aliphatic rings. The molecule has 8 rings (SSSR count). The Balaban J connectivity index is 0.873. The average molecular weight is 782 g/mol. The summed E-state index contributed by atoms with van der Waals surface area (Å²) in [5.74, 6) is 5.07.